The summed E-state index contributed by atoms with van der Waals surface area (Å²) in [7, 11) is 1.61. The Morgan fingerprint density at radius 2 is 1.96 bits per heavy atom. The van der Waals surface area contributed by atoms with Crippen molar-refractivity contribution < 1.29 is 19.0 Å². The highest BCUT2D eigenvalue weighted by molar-refractivity contribution is 5.94. The second-order valence-corrected chi connectivity index (χ2v) is 5.72. The van der Waals surface area contributed by atoms with Crippen LogP contribution in [0.4, 0.5) is 5.82 Å². The number of anilines is 1. The van der Waals surface area contributed by atoms with Crippen molar-refractivity contribution in [2.75, 3.05) is 19.0 Å². The number of benzene rings is 2. The quantitative estimate of drug-likeness (QED) is 0.755. The van der Waals surface area contributed by atoms with E-state index in [1.807, 2.05) is 36.4 Å². The summed E-state index contributed by atoms with van der Waals surface area (Å²) in [5.41, 5.74) is 1.60. The topological polar surface area (TPSA) is 85.5 Å². The molecule has 0 unspecified atom stereocenters. The minimum atomic E-state index is -0.740. The van der Waals surface area contributed by atoms with Crippen molar-refractivity contribution in [2.24, 2.45) is 0 Å². The van der Waals surface area contributed by atoms with Gasteiger partial charge in [-0.3, -0.25) is 9.89 Å². The zero-order chi connectivity index (χ0) is 17.9. The van der Waals surface area contributed by atoms with Crippen LogP contribution in [0.3, 0.4) is 0 Å². The van der Waals surface area contributed by atoms with E-state index in [0.717, 1.165) is 17.0 Å². The fourth-order valence-electron chi connectivity index (χ4n) is 2.75. The first-order valence-corrected chi connectivity index (χ1v) is 8.13. The van der Waals surface area contributed by atoms with Gasteiger partial charge in [-0.05, 0) is 24.3 Å². The SMILES string of the molecule is COc1ccccc1-c1cc(NC(=O)[C@H]2COc3ccccc3O2)n[nH]1. The van der Waals surface area contributed by atoms with E-state index in [2.05, 4.69) is 15.5 Å². The molecule has 0 saturated heterocycles. The van der Waals surface area contributed by atoms with Gasteiger partial charge in [-0.2, -0.15) is 5.10 Å². The molecular weight excluding hydrogens is 334 g/mol. The van der Waals surface area contributed by atoms with Crippen molar-refractivity contribution in [3.05, 3.63) is 54.6 Å². The van der Waals surface area contributed by atoms with Crippen LogP contribution in [0.5, 0.6) is 17.2 Å². The molecule has 0 aliphatic carbocycles. The number of nitrogens with one attached hydrogen (secondary N) is 2. The monoisotopic (exact) mass is 351 g/mol. The van der Waals surface area contributed by atoms with Gasteiger partial charge in [0, 0.05) is 11.6 Å². The molecule has 0 fully saturated rings. The van der Waals surface area contributed by atoms with Gasteiger partial charge in [0.1, 0.15) is 12.4 Å². The van der Waals surface area contributed by atoms with Crippen LogP contribution in [0.25, 0.3) is 11.3 Å². The Balaban J connectivity index is 1.47. The number of fused-ring (bicyclic) bond motifs is 1. The van der Waals surface area contributed by atoms with E-state index in [0.29, 0.717) is 17.3 Å². The zero-order valence-electron chi connectivity index (χ0n) is 14.1. The Hall–Kier alpha value is -3.48. The summed E-state index contributed by atoms with van der Waals surface area (Å²) in [5.74, 6) is 1.98. The van der Waals surface area contributed by atoms with Crippen LogP contribution in [-0.2, 0) is 4.79 Å². The minimum absolute atomic E-state index is 0.145. The molecule has 1 aliphatic heterocycles. The molecule has 7 heteroatoms. The van der Waals surface area contributed by atoms with Gasteiger partial charge >= 0.3 is 0 Å². The Kier molecular flexibility index (Phi) is 4.18. The fourth-order valence-corrected chi connectivity index (χ4v) is 2.75. The largest absolute Gasteiger partial charge is 0.496 e. The summed E-state index contributed by atoms with van der Waals surface area (Å²) in [4.78, 5) is 12.5. The molecule has 0 radical (unpaired) electrons. The van der Waals surface area contributed by atoms with E-state index in [4.69, 9.17) is 14.2 Å². The Morgan fingerprint density at radius 3 is 2.81 bits per heavy atom. The normalized spacial score (nSPS) is 15.3. The highest BCUT2D eigenvalue weighted by atomic mass is 16.6. The van der Waals surface area contributed by atoms with Gasteiger partial charge in [0.25, 0.3) is 5.91 Å². The summed E-state index contributed by atoms with van der Waals surface area (Å²) < 4.78 is 16.6. The van der Waals surface area contributed by atoms with Crippen LogP contribution >= 0.6 is 0 Å². The number of hydrogen-bond donors (Lipinski definition) is 2. The third-order valence-electron chi connectivity index (χ3n) is 4.03. The second kappa shape index (κ2) is 6.79. The van der Waals surface area contributed by atoms with Gasteiger partial charge in [-0.1, -0.05) is 24.3 Å². The van der Waals surface area contributed by atoms with Crippen LogP contribution in [0.1, 0.15) is 0 Å². The first kappa shape index (κ1) is 16.0. The number of nitrogens with zero attached hydrogens (tertiary/aromatic N) is 1. The fraction of sp³-hybridized carbons (Fsp3) is 0.158. The third-order valence-corrected chi connectivity index (χ3v) is 4.03. The Morgan fingerprint density at radius 1 is 1.19 bits per heavy atom. The van der Waals surface area contributed by atoms with Gasteiger partial charge in [0.05, 0.1) is 12.8 Å². The number of amides is 1. The summed E-state index contributed by atoms with van der Waals surface area (Å²) >= 11 is 0. The lowest BCUT2D eigenvalue weighted by atomic mass is 10.1. The summed E-state index contributed by atoms with van der Waals surface area (Å²) in [5, 5.41) is 9.79. The predicted octanol–water partition coefficient (Wildman–Crippen LogP) is 2.86. The number of H-pyrrole nitrogens is 1. The molecule has 1 amide bonds. The van der Waals surface area contributed by atoms with Crippen LogP contribution in [0.15, 0.2) is 54.6 Å². The number of methoxy groups -OCH3 is 1. The number of hydrogen-bond acceptors (Lipinski definition) is 5. The maximum absolute atomic E-state index is 12.5. The Bertz CT molecular complexity index is 938. The molecule has 7 nitrogen and oxygen atoms in total. The van der Waals surface area contributed by atoms with Crippen LogP contribution in [-0.4, -0.2) is 35.9 Å². The molecule has 1 aromatic heterocycles. The Labute approximate surface area is 149 Å². The lowest BCUT2D eigenvalue weighted by molar-refractivity contribution is -0.125. The van der Waals surface area contributed by atoms with Gasteiger partial charge < -0.3 is 19.5 Å². The van der Waals surface area contributed by atoms with Crippen LogP contribution < -0.4 is 19.5 Å². The van der Waals surface area contributed by atoms with Gasteiger partial charge in [0.15, 0.2) is 17.3 Å². The first-order chi connectivity index (χ1) is 12.7. The molecule has 0 saturated carbocycles. The average Bonchev–Trinajstić information content (AvgIpc) is 3.15. The van der Waals surface area contributed by atoms with E-state index in [1.54, 1.807) is 25.3 Å². The number of aromatic amines is 1. The molecule has 132 valence electrons. The summed E-state index contributed by atoms with van der Waals surface area (Å²) in [6.07, 6.45) is -0.740. The number of carbonyl (C=O) groups excluding carboxylic acids is 1. The van der Waals surface area contributed by atoms with Gasteiger partial charge in [0.2, 0.25) is 6.10 Å². The molecule has 3 aromatic rings. The van der Waals surface area contributed by atoms with E-state index in [1.165, 1.54) is 0 Å². The lowest BCUT2D eigenvalue weighted by Gasteiger charge is -2.25. The van der Waals surface area contributed by atoms with Crippen LogP contribution in [0.2, 0.25) is 0 Å². The van der Waals surface area contributed by atoms with Crippen molar-refractivity contribution >= 4 is 11.7 Å². The molecule has 0 spiro atoms. The highest BCUT2D eigenvalue weighted by Gasteiger charge is 2.27. The van der Waals surface area contributed by atoms with E-state index >= 15 is 0 Å². The van der Waals surface area contributed by atoms with E-state index < -0.39 is 6.10 Å². The number of rotatable bonds is 4. The smallest absolute Gasteiger partial charge is 0.270 e. The zero-order valence-corrected chi connectivity index (χ0v) is 14.1. The minimum Gasteiger partial charge on any atom is -0.496 e. The number of carbonyl (C=O) groups is 1. The van der Waals surface area contributed by atoms with Crippen molar-refractivity contribution in [3.63, 3.8) is 0 Å². The van der Waals surface area contributed by atoms with Crippen molar-refractivity contribution in [3.8, 4) is 28.5 Å². The standard InChI is InChI=1S/C19H17N3O4/c1-24-14-7-3-2-6-12(14)13-10-18(22-21-13)20-19(23)17-11-25-15-8-4-5-9-16(15)26-17/h2-10,17H,11H2,1H3,(H2,20,21,22,23)/t17-/m1/s1. The summed E-state index contributed by atoms with van der Waals surface area (Å²) in [6.45, 7) is 0.145. The van der Waals surface area contributed by atoms with Crippen molar-refractivity contribution in [1.82, 2.24) is 10.2 Å². The van der Waals surface area contributed by atoms with Crippen molar-refractivity contribution in [2.45, 2.75) is 6.10 Å². The molecule has 4 rings (SSSR count). The number of ether oxygens (including phenoxy) is 3. The molecule has 0 bridgehead atoms. The average molecular weight is 351 g/mol. The predicted molar refractivity (Wildman–Crippen MR) is 95.6 cm³/mol. The lowest BCUT2D eigenvalue weighted by Crippen LogP contribution is -2.40. The molecule has 2 aromatic carbocycles. The molecule has 2 heterocycles. The van der Waals surface area contributed by atoms with E-state index in [9.17, 15) is 4.79 Å². The third kappa shape index (κ3) is 3.06. The maximum Gasteiger partial charge on any atom is 0.270 e. The van der Waals surface area contributed by atoms with Gasteiger partial charge in [-0.15, -0.1) is 0 Å². The number of aromatic nitrogens is 2. The first-order valence-electron chi connectivity index (χ1n) is 8.13. The molecule has 2 N–H and O–H groups in total. The van der Waals surface area contributed by atoms with Crippen molar-refractivity contribution in [1.29, 1.82) is 0 Å². The highest BCUT2D eigenvalue weighted by Crippen LogP contribution is 2.32. The molecule has 26 heavy (non-hydrogen) atoms. The molecule has 1 aliphatic rings. The molecule has 1 atom stereocenters. The van der Waals surface area contributed by atoms with Gasteiger partial charge in [-0.25, -0.2) is 0 Å². The summed E-state index contributed by atoms with van der Waals surface area (Å²) in [6, 6.07) is 16.6. The maximum atomic E-state index is 12.5. The number of para-hydroxylation sites is 3. The second-order valence-electron chi connectivity index (χ2n) is 5.72. The molecular formula is C19H17N3O4. The van der Waals surface area contributed by atoms with E-state index in [-0.39, 0.29) is 12.5 Å². The van der Waals surface area contributed by atoms with Crippen LogP contribution in [0, 0.1) is 0 Å².